The minimum Gasteiger partial charge on any atom is -0.276 e. The molecule has 0 radical (unpaired) electrons. The highest BCUT2D eigenvalue weighted by Gasteiger charge is 2.32. The van der Waals surface area contributed by atoms with Crippen LogP contribution < -0.4 is 0 Å². The number of rotatable bonds is 1. The Morgan fingerprint density at radius 1 is 0.600 bits per heavy atom. The van der Waals surface area contributed by atoms with Crippen LogP contribution in [0.15, 0.2) is 60.7 Å². The summed E-state index contributed by atoms with van der Waals surface area (Å²) in [6, 6.07) is 21.6. The van der Waals surface area contributed by atoms with Gasteiger partial charge in [-0.2, -0.15) is 0 Å². The zero-order chi connectivity index (χ0) is 25.3. The van der Waals surface area contributed by atoms with E-state index in [-0.39, 0.29) is 16.2 Å². The number of aromatic nitrogens is 3. The lowest BCUT2D eigenvalue weighted by molar-refractivity contribution is 0.550. The van der Waals surface area contributed by atoms with Gasteiger partial charge in [0.15, 0.2) is 0 Å². The first-order chi connectivity index (χ1) is 16.3. The fourth-order valence-corrected chi connectivity index (χ4v) is 5.01. The second-order valence-electron chi connectivity index (χ2n) is 12.9. The predicted molar refractivity (Wildman–Crippen MR) is 150 cm³/mol. The van der Waals surface area contributed by atoms with Gasteiger partial charge in [0.05, 0.1) is 16.6 Å². The fraction of sp³-hybridized carbons (Fsp3) is 0.375. The molecule has 5 aromatic rings. The molecular weight excluding hydrogens is 426 g/mol. The van der Waals surface area contributed by atoms with E-state index in [0.29, 0.717) is 0 Å². The van der Waals surface area contributed by atoms with E-state index in [1.807, 2.05) is 0 Å². The maximum absolute atomic E-state index is 5.36. The third-order valence-corrected chi connectivity index (χ3v) is 6.99. The molecule has 3 nitrogen and oxygen atoms in total. The zero-order valence-corrected chi connectivity index (χ0v) is 22.6. The molecule has 0 atom stereocenters. The van der Waals surface area contributed by atoms with E-state index in [4.69, 9.17) is 9.97 Å². The van der Waals surface area contributed by atoms with Crippen molar-refractivity contribution in [2.45, 2.75) is 78.6 Å². The molecule has 0 N–H and O–H groups in total. The molecule has 0 bridgehead atoms. The number of hydrogen-bond acceptors (Lipinski definition) is 2. The van der Waals surface area contributed by atoms with Crippen LogP contribution in [0.3, 0.4) is 0 Å². The highest BCUT2D eigenvalue weighted by molar-refractivity contribution is 5.98. The summed E-state index contributed by atoms with van der Waals surface area (Å²) < 4.78 is 2.29. The molecule has 0 unspecified atom stereocenters. The Labute approximate surface area is 209 Å². The van der Waals surface area contributed by atoms with E-state index >= 15 is 0 Å². The lowest BCUT2D eigenvalue weighted by Gasteiger charge is -2.33. The second-order valence-corrected chi connectivity index (χ2v) is 12.9. The fourth-order valence-electron chi connectivity index (χ4n) is 5.01. The first kappa shape index (κ1) is 23.5. The molecule has 2 heterocycles. The molecule has 0 fully saturated rings. The van der Waals surface area contributed by atoms with Crippen molar-refractivity contribution in [2.24, 2.45) is 0 Å². The summed E-state index contributed by atoms with van der Waals surface area (Å²) in [6.45, 7) is 20.8. The quantitative estimate of drug-likeness (QED) is 0.249. The number of hydrogen-bond donors (Lipinski definition) is 0. The average Bonchev–Trinajstić information content (AvgIpc) is 3.16. The van der Waals surface area contributed by atoms with Gasteiger partial charge in [-0.1, -0.05) is 98.7 Å². The largest absolute Gasteiger partial charge is 0.276 e. The summed E-state index contributed by atoms with van der Waals surface area (Å²) in [4.78, 5) is 10.5. The third-order valence-electron chi connectivity index (χ3n) is 6.99. The molecular formula is C32H37N3. The van der Waals surface area contributed by atoms with Crippen molar-refractivity contribution < 1.29 is 0 Å². The standard InChI is InChI=1S/C32H37N3/c1-30(2,3)20-18-22(31(4,5)6)27(23(19-20)32(7,8)9)29-33-24-15-11-10-14-21(24)28-34-25-16-12-13-17-26(25)35(28)29/h10-19H,1-9H3. The average molecular weight is 464 g/mol. The molecule has 3 aromatic carbocycles. The van der Waals surface area contributed by atoms with Gasteiger partial charge in [-0.3, -0.25) is 4.40 Å². The molecule has 5 rings (SSSR count). The number of fused-ring (bicyclic) bond motifs is 5. The summed E-state index contributed by atoms with van der Waals surface area (Å²) in [5.41, 5.74) is 9.21. The Hall–Kier alpha value is -3.20. The van der Waals surface area contributed by atoms with Crippen molar-refractivity contribution in [1.82, 2.24) is 14.4 Å². The van der Waals surface area contributed by atoms with Crippen molar-refractivity contribution in [3.05, 3.63) is 77.4 Å². The minimum absolute atomic E-state index is 0.0480. The summed E-state index contributed by atoms with van der Waals surface area (Å²) in [5, 5.41) is 1.08. The molecule has 0 amide bonds. The van der Waals surface area contributed by atoms with Crippen LogP contribution in [0.1, 0.15) is 79.0 Å². The van der Waals surface area contributed by atoms with Gasteiger partial charge in [0.2, 0.25) is 0 Å². The van der Waals surface area contributed by atoms with Crippen LogP contribution in [-0.2, 0) is 16.2 Å². The molecule has 0 aliphatic rings. The van der Waals surface area contributed by atoms with E-state index in [1.165, 1.54) is 22.3 Å². The molecule has 35 heavy (non-hydrogen) atoms. The molecule has 0 saturated carbocycles. The number of nitrogens with zero attached hydrogens (tertiary/aromatic N) is 3. The molecule has 0 spiro atoms. The molecule has 0 aliphatic carbocycles. The SMILES string of the molecule is CC(C)(C)c1cc(C(C)(C)C)c(-c2nc3ccccc3c3nc4ccccc4n23)c(C(C)(C)C)c1. The first-order valence-electron chi connectivity index (χ1n) is 12.6. The Balaban J connectivity index is 2.06. The van der Waals surface area contributed by atoms with E-state index in [0.717, 1.165) is 33.4 Å². The Morgan fingerprint density at radius 3 is 1.71 bits per heavy atom. The summed E-state index contributed by atoms with van der Waals surface area (Å²) >= 11 is 0. The van der Waals surface area contributed by atoms with Crippen molar-refractivity contribution >= 4 is 27.6 Å². The van der Waals surface area contributed by atoms with E-state index in [2.05, 4.69) is 127 Å². The highest BCUT2D eigenvalue weighted by Crippen LogP contribution is 2.44. The first-order valence-corrected chi connectivity index (χ1v) is 12.6. The van der Waals surface area contributed by atoms with Gasteiger partial charge in [-0.05, 0) is 57.2 Å². The Bertz CT molecular complexity index is 1550. The van der Waals surface area contributed by atoms with Gasteiger partial charge in [0.25, 0.3) is 0 Å². The number of benzene rings is 3. The van der Waals surface area contributed by atoms with Crippen LogP contribution in [0.4, 0.5) is 0 Å². The monoisotopic (exact) mass is 463 g/mol. The maximum atomic E-state index is 5.36. The van der Waals surface area contributed by atoms with Gasteiger partial charge in [-0.15, -0.1) is 0 Å². The molecule has 180 valence electrons. The van der Waals surface area contributed by atoms with Gasteiger partial charge in [0, 0.05) is 10.9 Å². The van der Waals surface area contributed by atoms with Crippen LogP contribution >= 0.6 is 0 Å². The Kier molecular flexibility index (Phi) is 5.14. The lowest BCUT2D eigenvalue weighted by Crippen LogP contribution is -2.23. The number of imidazole rings is 1. The Morgan fingerprint density at radius 2 is 1.14 bits per heavy atom. The lowest BCUT2D eigenvalue weighted by atomic mass is 9.72. The van der Waals surface area contributed by atoms with E-state index in [1.54, 1.807) is 0 Å². The van der Waals surface area contributed by atoms with Crippen LogP contribution in [0, 0.1) is 0 Å². The number of para-hydroxylation sites is 3. The van der Waals surface area contributed by atoms with Crippen molar-refractivity contribution in [3.63, 3.8) is 0 Å². The smallest absolute Gasteiger partial charge is 0.149 e. The molecule has 3 heteroatoms. The van der Waals surface area contributed by atoms with Crippen molar-refractivity contribution in [2.75, 3.05) is 0 Å². The van der Waals surface area contributed by atoms with Gasteiger partial charge < -0.3 is 0 Å². The van der Waals surface area contributed by atoms with E-state index < -0.39 is 0 Å². The zero-order valence-electron chi connectivity index (χ0n) is 22.6. The summed E-state index contributed by atoms with van der Waals surface area (Å²) in [7, 11) is 0. The molecule has 2 aromatic heterocycles. The summed E-state index contributed by atoms with van der Waals surface area (Å²) in [5.74, 6) is 0.975. The van der Waals surface area contributed by atoms with Crippen molar-refractivity contribution in [1.29, 1.82) is 0 Å². The van der Waals surface area contributed by atoms with Gasteiger partial charge in [-0.25, -0.2) is 9.97 Å². The van der Waals surface area contributed by atoms with Crippen LogP contribution in [0.5, 0.6) is 0 Å². The normalized spacial score (nSPS) is 13.3. The maximum Gasteiger partial charge on any atom is 0.149 e. The van der Waals surface area contributed by atoms with E-state index in [9.17, 15) is 0 Å². The highest BCUT2D eigenvalue weighted by atomic mass is 15.1. The minimum atomic E-state index is -0.0629. The summed E-state index contributed by atoms with van der Waals surface area (Å²) in [6.07, 6.45) is 0. The predicted octanol–water partition coefficient (Wildman–Crippen LogP) is 8.60. The van der Waals surface area contributed by atoms with Crippen LogP contribution in [0.25, 0.3) is 39.0 Å². The topological polar surface area (TPSA) is 30.2 Å². The molecule has 0 aliphatic heterocycles. The van der Waals surface area contributed by atoms with Gasteiger partial charge >= 0.3 is 0 Å². The van der Waals surface area contributed by atoms with Crippen LogP contribution in [0.2, 0.25) is 0 Å². The third kappa shape index (κ3) is 3.91. The van der Waals surface area contributed by atoms with Crippen molar-refractivity contribution in [3.8, 4) is 11.4 Å². The van der Waals surface area contributed by atoms with Crippen LogP contribution in [-0.4, -0.2) is 14.4 Å². The van der Waals surface area contributed by atoms with Gasteiger partial charge in [0.1, 0.15) is 11.5 Å². The molecule has 0 saturated heterocycles. The second kappa shape index (κ2) is 7.65.